The summed E-state index contributed by atoms with van der Waals surface area (Å²) in [6.45, 7) is 6.39. The number of carbonyl (C=O) groups excluding carboxylic acids is 1. The van der Waals surface area contributed by atoms with E-state index in [9.17, 15) is 4.79 Å². The third-order valence-electron chi connectivity index (χ3n) is 4.11. The molecule has 2 atom stereocenters. The number of carbonyl (C=O) groups is 1. The molecular weight excluding hydrogens is 188 g/mol. The van der Waals surface area contributed by atoms with Crippen LogP contribution in [-0.4, -0.2) is 37.0 Å². The van der Waals surface area contributed by atoms with E-state index in [1.807, 2.05) is 11.9 Å². The summed E-state index contributed by atoms with van der Waals surface area (Å²) in [5.41, 5.74) is -0.0675. The lowest BCUT2D eigenvalue weighted by atomic mass is 9.77. The molecule has 0 saturated carbocycles. The Morgan fingerprint density at radius 3 is 2.73 bits per heavy atom. The van der Waals surface area contributed by atoms with Gasteiger partial charge in [-0.25, -0.2) is 0 Å². The zero-order chi connectivity index (χ0) is 11.1. The maximum atomic E-state index is 12.3. The fourth-order valence-electron chi connectivity index (χ4n) is 3.16. The number of likely N-dealkylation sites (tertiary alicyclic amines) is 1. The Hall–Kier alpha value is -0.570. The fraction of sp³-hybridized carbons (Fsp3) is 0.917. The average Bonchev–Trinajstić information content (AvgIpc) is 2.46. The summed E-state index contributed by atoms with van der Waals surface area (Å²) in [4.78, 5) is 14.3. The molecule has 0 aromatic carbocycles. The molecule has 2 saturated heterocycles. The summed E-state index contributed by atoms with van der Waals surface area (Å²) in [7, 11) is 1.97. The van der Waals surface area contributed by atoms with Crippen LogP contribution in [0.5, 0.6) is 0 Å². The molecule has 0 bridgehead atoms. The molecule has 2 heterocycles. The maximum Gasteiger partial charge on any atom is 0.230 e. The van der Waals surface area contributed by atoms with Gasteiger partial charge in [0.25, 0.3) is 0 Å². The molecule has 1 amide bonds. The average molecular weight is 210 g/mol. The van der Waals surface area contributed by atoms with Crippen molar-refractivity contribution in [1.82, 2.24) is 10.2 Å². The molecule has 1 spiro atoms. The van der Waals surface area contributed by atoms with Gasteiger partial charge >= 0.3 is 0 Å². The summed E-state index contributed by atoms with van der Waals surface area (Å²) in [6, 6.07) is 0.442. The van der Waals surface area contributed by atoms with Crippen molar-refractivity contribution in [3.63, 3.8) is 0 Å². The predicted molar refractivity (Wildman–Crippen MR) is 60.5 cm³/mol. The van der Waals surface area contributed by atoms with E-state index in [1.54, 1.807) is 0 Å². The molecule has 2 unspecified atom stereocenters. The Morgan fingerprint density at radius 1 is 1.53 bits per heavy atom. The molecule has 2 aliphatic heterocycles. The fourth-order valence-corrected chi connectivity index (χ4v) is 3.16. The summed E-state index contributed by atoms with van der Waals surface area (Å²) < 4.78 is 0. The van der Waals surface area contributed by atoms with Gasteiger partial charge in [0.2, 0.25) is 5.91 Å². The van der Waals surface area contributed by atoms with Gasteiger partial charge in [0.05, 0.1) is 5.41 Å². The highest BCUT2D eigenvalue weighted by molar-refractivity contribution is 5.85. The summed E-state index contributed by atoms with van der Waals surface area (Å²) in [5.74, 6) is 0.939. The Bertz CT molecular complexity index is 256. The first-order valence-electron chi connectivity index (χ1n) is 6.05. The predicted octanol–water partition coefficient (Wildman–Crippen LogP) is 1.24. The first kappa shape index (κ1) is 10.9. The number of hydrogen-bond acceptors (Lipinski definition) is 2. The van der Waals surface area contributed by atoms with Crippen LogP contribution in [0.15, 0.2) is 0 Å². The smallest absolute Gasteiger partial charge is 0.230 e. The molecule has 0 aromatic heterocycles. The number of amides is 1. The lowest BCUT2D eigenvalue weighted by Gasteiger charge is -2.31. The van der Waals surface area contributed by atoms with Crippen molar-refractivity contribution >= 4 is 5.91 Å². The minimum Gasteiger partial charge on any atom is -0.342 e. The first-order valence-corrected chi connectivity index (χ1v) is 6.05. The van der Waals surface area contributed by atoms with Crippen LogP contribution >= 0.6 is 0 Å². The third kappa shape index (κ3) is 1.67. The Labute approximate surface area is 92.2 Å². The largest absolute Gasteiger partial charge is 0.342 e. The molecule has 3 nitrogen and oxygen atoms in total. The van der Waals surface area contributed by atoms with Crippen molar-refractivity contribution in [2.75, 3.05) is 20.1 Å². The van der Waals surface area contributed by atoms with E-state index >= 15 is 0 Å². The Balaban J connectivity index is 2.18. The summed E-state index contributed by atoms with van der Waals surface area (Å²) >= 11 is 0. The standard InChI is InChI=1S/C12H22N2O/c1-9(2)10-7-12(11(15)14(10)3)5-4-6-13-8-12/h9-10,13H,4-8H2,1-3H3. The zero-order valence-corrected chi connectivity index (χ0v) is 10.0. The second kappa shape index (κ2) is 3.78. The Kier molecular flexibility index (Phi) is 2.75. The Morgan fingerprint density at radius 2 is 2.27 bits per heavy atom. The molecule has 86 valence electrons. The lowest BCUT2D eigenvalue weighted by Crippen LogP contribution is -2.45. The second-order valence-corrected chi connectivity index (χ2v) is 5.49. The normalized spacial score (nSPS) is 36.9. The van der Waals surface area contributed by atoms with Crippen LogP contribution in [0.1, 0.15) is 33.1 Å². The molecule has 2 fully saturated rings. The van der Waals surface area contributed by atoms with Gasteiger partial charge in [-0.1, -0.05) is 13.8 Å². The molecule has 0 aromatic rings. The van der Waals surface area contributed by atoms with Crippen LogP contribution in [0, 0.1) is 11.3 Å². The van der Waals surface area contributed by atoms with Crippen LogP contribution in [0.2, 0.25) is 0 Å². The molecule has 1 N–H and O–H groups in total. The molecule has 0 radical (unpaired) electrons. The summed E-state index contributed by atoms with van der Waals surface area (Å²) in [6.07, 6.45) is 3.27. The van der Waals surface area contributed by atoms with Gasteiger partial charge in [0.15, 0.2) is 0 Å². The topological polar surface area (TPSA) is 32.3 Å². The van der Waals surface area contributed by atoms with Crippen LogP contribution in [0.4, 0.5) is 0 Å². The van der Waals surface area contributed by atoms with Crippen LogP contribution in [0.3, 0.4) is 0 Å². The zero-order valence-electron chi connectivity index (χ0n) is 10.0. The minimum atomic E-state index is -0.0675. The number of piperidine rings is 1. The van der Waals surface area contributed by atoms with E-state index < -0.39 is 0 Å². The van der Waals surface area contributed by atoms with Crippen molar-refractivity contribution in [2.45, 2.75) is 39.2 Å². The van der Waals surface area contributed by atoms with Gasteiger partial charge in [-0.05, 0) is 31.7 Å². The van der Waals surface area contributed by atoms with E-state index in [2.05, 4.69) is 19.2 Å². The molecule has 3 heteroatoms. The van der Waals surface area contributed by atoms with Crippen molar-refractivity contribution in [1.29, 1.82) is 0 Å². The van der Waals surface area contributed by atoms with Crippen LogP contribution < -0.4 is 5.32 Å². The molecule has 2 aliphatic rings. The number of rotatable bonds is 1. The van der Waals surface area contributed by atoms with E-state index in [4.69, 9.17) is 0 Å². The maximum absolute atomic E-state index is 12.3. The highest BCUT2D eigenvalue weighted by atomic mass is 16.2. The molecule has 15 heavy (non-hydrogen) atoms. The quantitative estimate of drug-likeness (QED) is 0.706. The van der Waals surface area contributed by atoms with Gasteiger partial charge in [-0.15, -0.1) is 0 Å². The lowest BCUT2D eigenvalue weighted by molar-refractivity contribution is -0.136. The first-order chi connectivity index (χ1) is 7.07. The minimum absolute atomic E-state index is 0.0675. The number of hydrogen-bond donors (Lipinski definition) is 1. The van der Waals surface area contributed by atoms with E-state index in [0.717, 1.165) is 32.4 Å². The SMILES string of the molecule is CC(C)C1CC2(CCCNC2)C(=O)N1C. The van der Waals surface area contributed by atoms with Crippen molar-refractivity contribution in [3.05, 3.63) is 0 Å². The summed E-state index contributed by atoms with van der Waals surface area (Å²) in [5, 5.41) is 3.38. The van der Waals surface area contributed by atoms with Crippen molar-refractivity contribution in [2.24, 2.45) is 11.3 Å². The van der Waals surface area contributed by atoms with Gasteiger partial charge in [0.1, 0.15) is 0 Å². The van der Waals surface area contributed by atoms with E-state index in [-0.39, 0.29) is 5.41 Å². The van der Waals surface area contributed by atoms with Crippen molar-refractivity contribution < 1.29 is 4.79 Å². The monoisotopic (exact) mass is 210 g/mol. The number of nitrogens with zero attached hydrogens (tertiary/aromatic N) is 1. The number of nitrogens with one attached hydrogen (secondary N) is 1. The highest BCUT2D eigenvalue weighted by Crippen LogP contribution is 2.42. The van der Waals surface area contributed by atoms with Crippen LogP contribution in [-0.2, 0) is 4.79 Å². The van der Waals surface area contributed by atoms with E-state index in [1.165, 1.54) is 0 Å². The molecular formula is C12H22N2O. The van der Waals surface area contributed by atoms with Gasteiger partial charge in [0, 0.05) is 19.6 Å². The van der Waals surface area contributed by atoms with Crippen LogP contribution in [0.25, 0.3) is 0 Å². The van der Waals surface area contributed by atoms with Gasteiger partial charge in [-0.3, -0.25) is 4.79 Å². The van der Waals surface area contributed by atoms with Gasteiger partial charge < -0.3 is 10.2 Å². The second-order valence-electron chi connectivity index (χ2n) is 5.49. The van der Waals surface area contributed by atoms with Crippen molar-refractivity contribution in [3.8, 4) is 0 Å². The van der Waals surface area contributed by atoms with Gasteiger partial charge in [-0.2, -0.15) is 0 Å². The van der Waals surface area contributed by atoms with E-state index in [0.29, 0.717) is 17.9 Å². The third-order valence-corrected chi connectivity index (χ3v) is 4.11. The highest BCUT2D eigenvalue weighted by Gasteiger charge is 2.50. The molecule has 2 rings (SSSR count). The molecule has 0 aliphatic carbocycles.